The Bertz CT molecular complexity index is 787. The van der Waals surface area contributed by atoms with Crippen LogP contribution in [0.25, 0.3) is 0 Å². The van der Waals surface area contributed by atoms with Gasteiger partial charge in [0.2, 0.25) is 5.91 Å². The van der Waals surface area contributed by atoms with Crippen LogP contribution in [0.2, 0.25) is 0 Å². The van der Waals surface area contributed by atoms with Crippen molar-refractivity contribution >= 4 is 39.5 Å². The van der Waals surface area contributed by atoms with Crippen molar-refractivity contribution in [3.63, 3.8) is 0 Å². The Morgan fingerprint density at radius 1 is 1.25 bits per heavy atom. The van der Waals surface area contributed by atoms with Crippen LogP contribution in [0.1, 0.15) is 43.6 Å². The summed E-state index contributed by atoms with van der Waals surface area (Å²) in [6.07, 6.45) is 0.551. The molecule has 1 aliphatic rings. The summed E-state index contributed by atoms with van der Waals surface area (Å²) in [7, 11) is 0. The monoisotopic (exact) mass is 452 g/mol. The zero-order valence-electron chi connectivity index (χ0n) is 16.5. The minimum atomic E-state index is -1.30. The number of carbonyl (C=O) groups is 4. The second-order valence-electron chi connectivity index (χ2n) is 7.66. The number of nitrogens with one attached hydrogen (secondary N) is 1. The summed E-state index contributed by atoms with van der Waals surface area (Å²) in [6, 6.07) is 4.70. The Kier molecular flexibility index (Phi) is 6.98. The molecule has 7 nitrogen and oxygen atoms in total. The van der Waals surface area contributed by atoms with Gasteiger partial charge in [-0.1, -0.05) is 34.1 Å². The van der Waals surface area contributed by atoms with Gasteiger partial charge in [-0.3, -0.25) is 14.4 Å². The molecule has 1 aliphatic heterocycles. The fraction of sp³-hybridized carbons (Fsp3) is 0.500. The van der Waals surface area contributed by atoms with Crippen molar-refractivity contribution in [3.05, 3.63) is 35.4 Å². The first kappa shape index (κ1) is 22.1. The number of amides is 2. The zero-order chi connectivity index (χ0) is 21.1. The smallest absolute Gasteiger partial charge is 0.331 e. The van der Waals surface area contributed by atoms with Crippen LogP contribution in [0.4, 0.5) is 0 Å². The molecule has 0 spiro atoms. The van der Waals surface area contributed by atoms with Gasteiger partial charge in [-0.15, -0.1) is 0 Å². The van der Waals surface area contributed by atoms with Crippen LogP contribution in [0.3, 0.4) is 0 Å². The highest BCUT2D eigenvalue weighted by Crippen LogP contribution is 2.23. The van der Waals surface area contributed by atoms with E-state index in [1.165, 1.54) is 11.8 Å². The summed E-state index contributed by atoms with van der Waals surface area (Å²) in [6.45, 7) is 6.59. The topological polar surface area (TPSA) is 92.8 Å². The van der Waals surface area contributed by atoms with E-state index in [4.69, 9.17) is 4.74 Å². The summed E-state index contributed by atoms with van der Waals surface area (Å²) in [4.78, 5) is 51.8. The maximum Gasteiger partial charge on any atom is 0.331 e. The first-order chi connectivity index (χ1) is 13.0. The van der Waals surface area contributed by atoms with Crippen LogP contribution in [0, 0.1) is 0 Å². The molecule has 2 rings (SSSR count). The molecule has 1 aromatic carbocycles. The van der Waals surface area contributed by atoms with Crippen molar-refractivity contribution < 1.29 is 23.9 Å². The molecule has 1 heterocycles. The molecule has 2 unspecified atom stereocenters. The maximum absolute atomic E-state index is 13.1. The molecule has 0 saturated carbocycles. The summed E-state index contributed by atoms with van der Waals surface area (Å²) in [5.41, 5.74) is 0.572. The molecular formula is C20H25BrN2O5. The number of fused-ring (bicyclic) bond motifs is 1. The minimum Gasteiger partial charge on any atom is -0.458 e. The van der Waals surface area contributed by atoms with Crippen molar-refractivity contribution in [2.75, 3.05) is 11.9 Å². The molecule has 2 amide bonds. The third kappa shape index (κ3) is 5.19. The molecule has 2 atom stereocenters. The second-order valence-corrected chi connectivity index (χ2v) is 8.22. The van der Waals surface area contributed by atoms with E-state index in [0.717, 1.165) is 5.56 Å². The molecule has 0 bridgehead atoms. The number of ether oxygens (including phenoxy) is 1. The number of hydrogen-bond donors (Lipinski definition) is 1. The molecule has 28 heavy (non-hydrogen) atoms. The molecule has 152 valence electrons. The maximum atomic E-state index is 13.1. The van der Waals surface area contributed by atoms with Crippen molar-refractivity contribution in [2.45, 2.75) is 51.8 Å². The number of halogens is 1. The van der Waals surface area contributed by atoms with Gasteiger partial charge in [0, 0.05) is 19.0 Å². The van der Waals surface area contributed by atoms with Crippen LogP contribution in [-0.2, 0) is 25.5 Å². The average Bonchev–Trinajstić information content (AvgIpc) is 2.61. The van der Waals surface area contributed by atoms with Crippen molar-refractivity contribution in [1.82, 2.24) is 10.2 Å². The van der Waals surface area contributed by atoms with Crippen LogP contribution in [0.5, 0.6) is 0 Å². The van der Waals surface area contributed by atoms with Gasteiger partial charge in [0.05, 0.1) is 5.33 Å². The third-order valence-corrected chi connectivity index (χ3v) is 4.82. The van der Waals surface area contributed by atoms with Crippen molar-refractivity contribution in [3.8, 4) is 0 Å². The van der Waals surface area contributed by atoms with Crippen molar-refractivity contribution in [1.29, 1.82) is 0 Å². The van der Waals surface area contributed by atoms with E-state index >= 15 is 0 Å². The summed E-state index contributed by atoms with van der Waals surface area (Å²) in [5, 5.41) is 2.44. The fourth-order valence-electron chi connectivity index (χ4n) is 3.18. The van der Waals surface area contributed by atoms with Gasteiger partial charge in [0.1, 0.15) is 11.6 Å². The SMILES string of the molecule is CC(=O)NC(C(=O)OC(C)(C)C)C(C(=O)CBr)N1CCc2ccccc2C1=O. The molecular weight excluding hydrogens is 428 g/mol. The number of alkyl halides is 1. The number of esters is 1. The number of benzene rings is 1. The van der Waals surface area contributed by atoms with Gasteiger partial charge in [-0.2, -0.15) is 0 Å². The van der Waals surface area contributed by atoms with Crippen LogP contribution >= 0.6 is 15.9 Å². The normalized spacial score (nSPS) is 16.0. The number of ketones is 1. The molecule has 1 aromatic rings. The van der Waals surface area contributed by atoms with Gasteiger partial charge in [-0.05, 0) is 38.8 Å². The van der Waals surface area contributed by atoms with E-state index in [9.17, 15) is 19.2 Å². The van der Waals surface area contributed by atoms with Crippen LogP contribution in [0.15, 0.2) is 24.3 Å². The number of hydrogen-bond acceptors (Lipinski definition) is 5. The van der Waals surface area contributed by atoms with Crippen molar-refractivity contribution in [2.24, 2.45) is 0 Å². The van der Waals surface area contributed by atoms with Gasteiger partial charge in [0.25, 0.3) is 5.91 Å². The number of carbonyl (C=O) groups excluding carboxylic acids is 4. The molecule has 0 aromatic heterocycles. The Morgan fingerprint density at radius 3 is 2.46 bits per heavy atom. The second kappa shape index (κ2) is 8.86. The van der Waals surface area contributed by atoms with Crippen LogP contribution in [-0.4, -0.2) is 58.0 Å². The number of rotatable bonds is 6. The fourth-order valence-corrected chi connectivity index (χ4v) is 3.51. The van der Waals surface area contributed by atoms with E-state index in [1.807, 2.05) is 12.1 Å². The lowest BCUT2D eigenvalue weighted by molar-refractivity contribution is -0.161. The summed E-state index contributed by atoms with van der Waals surface area (Å²) < 4.78 is 5.41. The van der Waals surface area contributed by atoms with Gasteiger partial charge in [0.15, 0.2) is 11.8 Å². The Balaban J connectivity index is 2.44. The van der Waals surface area contributed by atoms with Crippen LogP contribution < -0.4 is 5.32 Å². The number of nitrogens with zero attached hydrogens (tertiary/aromatic N) is 1. The van der Waals surface area contributed by atoms with E-state index < -0.39 is 35.3 Å². The first-order valence-corrected chi connectivity index (χ1v) is 10.1. The highest BCUT2D eigenvalue weighted by molar-refractivity contribution is 9.09. The van der Waals surface area contributed by atoms with Gasteiger partial charge >= 0.3 is 5.97 Å². The molecule has 1 N–H and O–H groups in total. The standard InChI is InChI=1S/C20H25BrN2O5/c1-12(24)22-16(19(27)28-20(2,3)4)17(15(25)11-21)23-10-9-13-7-5-6-8-14(13)18(23)26/h5-8,16-17H,9-11H2,1-4H3,(H,22,24). The lowest BCUT2D eigenvalue weighted by Crippen LogP contribution is -2.62. The van der Waals surface area contributed by atoms with Gasteiger partial charge < -0.3 is 15.0 Å². The van der Waals surface area contributed by atoms with E-state index in [-0.39, 0.29) is 17.8 Å². The minimum absolute atomic E-state index is 0.0675. The highest BCUT2D eigenvalue weighted by atomic mass is 79.9. The molecule has 0 saturated heterocycles. The zero-order valence-corrected chi connectivity index (χ0v) is 18.0. The number of Topliss-reactive ketones (excluding diaryl/α,β-unsaturated/α-hetero) is 1. The van der Waals surface area contributed by atoms with E-state index in [0.29, 0.717) is 12.0 Å². The third-order valence-electron chi connectivity index (χ3n) is 4.26. The largest absolute Gasteiger partial charge is 0.458 e. The predicted octanol–water partition coefficient (Wildman–Crippen LogP) is 1.86. The first-order valence-electron chi connectivity index (χ1n) is 9.02. The Labute approximate surface area is 172 Å². The molecule has 0 aliphatic carbocycles. The predicted molar refractivity (Wildman–Crippen MR) is 107 cm³/mol. The van der Waals surface area contributed by atoms with E-state index in [2.05, 4.69) is 21.2 Å². The quantitative estimate of drug-likeness (QED) is 0.525. The molecule has 0 fully saturated rings. The van der Waals surface area contributed by atoms with E-state index in [1.54, 1.807) is 32.9 Å². The summed E-state index contributed by atoms with van der Waals surface area (Å²) >= 11 is 3.13. The Hall–Kier alpha value is -2.22. The average molecular weight is 453 g/mol. The molecule has 8 heteroatoms. The summed E-state index contributed by atoms with van der Waals surface area (Å²) in [5.74, 6) is -1.99. The highest BCUT2D eigenvalue weighted by Gasteiger charge is 2.43. The molecule has 0 radical (unpaired) electrons. The Morgan fingerprint density at radius 2 is 1.89 bits per heavy atom. The van der Waals surface area contributed by atoms with Gasteiger partial charge in [-0.25, -0.2) is 4.79 Å². The lowest BCUT2D eigenvalue weighted by Gasteiger charge is -2.38. The lowest BCUT2D eigenvalue weighted by atomic mass is 9.94.